The Bertz CT molecular complexity index is 402. The lowest BCUT2D eigenvalue weighted by atomic mass is 10.1. The van der Waals surface area contributed by atoms with E-state index in [1.165, 1.54) is 16.7 Å². The van der Waals surface area contributed by atoms with Crippen molar-refractivity contribution in [3.63, 3.8) is 0 Å². The topological polar surface area (TPSA) is 29.1 Å². The molecule has 0 aliphatic rings. The lowest BCUT2D eigenvalue weighted by Gasteiger charge is -2.08. The van der Waals surface area contributed by atoms with Gasteiger partial charge in [0.1, 0.15) is 5.75 Å². The van der Waals surface area contributed by atoms with Crippen LogP contribution in [-0.4, -0.2) is 24.2 Å². The normalized spacial score (nSPS) is 9.32. The molecule has 0 fully saturated rings. The number of rotatable bonds is 6. The maximum absolute atomic E-state index is 11.7. The van der Waals surface area contributed by atoms with E-state index in [2.05, 4.69) is 49.9 Å². The summed E-state index contributed by atoms with van der Waals surface area (Å²) in [7, 11) is 0.442. The second-order valence-corrected chi connectivity index (χ2v) is 7.38. The van der Waals surface area contributed by atoms with Crippen molar-refractivity contribution in [1.82, 2.24) is 5.32 Å². The molecule has 0 radical (unpaired) electrons. The van der Waals surface area contributed by atoms with Gasteiger partial charge in [-0.3, -0.25) is 4.79 Å². The Morgan fingerprint density at radius 2 is 1.68 bits per heavy atom. The van der Waals surface area contributed by atoms with Crippen LogP contribution in [-0.2, 0) is 22.2 Å². The Morgan fingerprint density at radius 3 is 2.18 bits per heavy atom. The summed E-state index contributed by atoms with van der Waals surface area (Å²) < 4.78 is 0. The quantitative estimate of drug-likeness (QED) is 0.759. The van der Waals surface area contributed by atoms with Crippen molar-refractivity contribution in [1.29, 1.82) is 0 Å². The lowest BCUT2D eigenvalue weighted by molar-refractivity contribution is -0.121. The van der Waals surface area contributed by atoms with E-state index in [-0.39, 0.29) is 5.91 Å². The van der Waals surface area contributed by atoms with E-state index in [1.54, 1.807) is 0 Å². The molecule has 2 nitrogen and oxygen atoms in total. The molecule has 0 unspecified atom stereocenters. The van der Waals surface area contributed by atoms with Crippen LogP contribution in [0.25, 0.3) is 0 Å². The molecule has 1 aromatic rings. The molecule has 0 aliphatic heterocycles. The van der Waals surface area contributed by atoms with Crippen molar-refractivity contribution in [3.8, 4) is 0 Å². The highest BCUT2D eigenvalue weighted by molar-refractivity contribution is 7.95. The zero-order chi connectivity index (χ0) is 17.5. The van der Waals surface area contributed by atoms with Crippen LogP contribution in [0.5, 0.6) is 0 Å². The summed E-state index contributed by atoms with van der Waals surface area (Å²) in [5.41, 5.74) is 3.72. The van der Waals surface area contributed by atoms with E-state index in [1.807, 2.05) is 27.7 Å². The zero-order valence-electron chi connectivity index (χ0n) is 15.9. The predicted octanol–water partition coefficient (Wildman–Crippen LogP) is 4.63. The van der Waals surface area contributed by atoms with Crippen LogP contribution in [0, 0.1) is 13.8 Å². The third-order valence-corrected chi connectivity index (χ3v) is 4.04. The number of hydrogen-bond donors (Lipinski definition) is 1. The monoisotopic (exact) mass is 326 g/mol. The van der Waals surface area contributed by atoms with Gasteiger partial charge in [0.05, 0.1) is 12.5 Å². The van der Waals surface area contributed by atoms with Crippen LogP contribution < -0.4 is 5.32 Å². The minimum Gasteiger partial charge on any atom is -0.352 e. The largest absolute Gasteiger partial charge is 0.352 e. The second-order valence-electron chi connectivity index (χ2n) is 5.00. The zero-order valence-corrected chi connectivity index (χ0v) is 16.7. The predicted molar refractivity (Wildman–Crippen MR) is 104 cm³/mol. The van der Waals surface area contributed by atoms with E-state index in [4.69, 9.17) is 0 Å². The summed E-state index contributed by atoms with van der Waals surface area (Å²) >= 11 is 0. The lowest BCUT2D eigenvalue weighted by Crippen LogP contribution is -2.23. The van der Waals surface area contributed by atoms with Gasteiger partial charge in [-0.05, 0) is 35.9 Å². The number of carbonyl (C=O) groups is 1. The first-order valence-corrected chi connectivity index (χ1v) is 10.6. The molecule has 1 amide bonds. The number of amides is 1. The van der Waals surface area contributed by atoms with Gasteiger partial charge in [0.2, 0.25) is 5.91 Å². The number of nitrogens with one attached hydrogen (secondary N) is 1. The van der Waals surface area contributed by atoms with E-state index < -0.39 is 0 Å². The first-order valence-electron chi connectivity index (χ1n) is 8.36. The SMILES string of the molecule is CC.CC.Cc1ccc(CNC(=O)CCC[S+](C)C)c(C)c1. The van der Waals surface area contributed by atoms with Crippen LogP contribution in [0.15, 0.2) is 18.2 Å². The average molecular weight is 327 g/mol. The fourth-order valence-corrected chi connectivity index (χ4v) is 2.57. The summed E-state index contributed by atoms with van der Waals surface area (Å²) in [5, 5.41) is 3.00. The van der Waals surface area contributed by atoms with Gasteiger partial charge in [0, 0.05) is 19.4 Å². The minimum atomic E-state index is 0.167. The highest BCUT2D eigenvalue weighted by Gasteiger charge is 2.06. The molecule has 1 rings (SSSR count). The highest BCUT2D eigenvalue weighted by atomic mass is 32.2. The molecule has 0 saturated carbocycles. The third kappa shape index (κ3) is 11.7. The summed E-state index contributed by atoms with van der Waals surface area (Å²) in [6.45, 7) is 12.8. The fourth-order valence-electron chi connectivity index (χ4n) is 1.85. The van der Waals surface area contributed by atoms with E-state index >= 15 is 0 Å². The molecule has 0 atom stereocenters. The number of benzene rings is 1. The van der Waals surface area contributed by atoms with Gasteiger partial charge >= 0.3 is 0 Å². The van der Waals surface area contributed by atoms with Gasteiger partial charge in [0.15, 0.2) is 0 Å². The van der Waals surface area contributed by atoms with Crippen molar-refractivity contribution in [2.24, 2.45) is 0 Å². The van der Waals surface area contributed by atoms with E-state index in [0.29, 0.717) is 23.9 Å². The van der Waals surface area contributed by atoms with E-state index in [0.717, 1.165) is 12.2 Å². The van der Waals surface area contributed by atoms with Crippen LogP contribution in [0.1, 0.15) is 57.2 Å². The molecule has 3 heteroatoms. The summed E-state index contributed by atoms with van der Waals surface area (Å²) in [6, 6.07) is 6.34. The molecule has 0 aliphatic carbocycles. The van der Waals surface area contributed by atoms with Crippen LogP contribution in [0.4, 0.5) is 0 Å². The maximum Gasteiger partial charge on any atom is 0.220 e. The molecule has 0 spiro atoms. The Balaban J connectivity index is 0. The van der Waals surface area contributed by atoms with Crippen LogP contribution in [0.2, 0.25) is 0 Å². The van der Waals surface area contributed by atoms with Gasteiger partial charge in [-0.2, -0.15) is 0 Å². The Hall–Kier alpha value is -0.960. The fraction of sp³-hybridized carbons (Fsp3) is 0.632. The maximum atomic E-state index is 11.7. The number of carbonyl (C=O) groups excluding carboxylic acids is 1. The van der Waals surface area contributed by atoms with Crippen molar-refractivity contribution in [3.05, 3.63) is 34.9 Å². The van der Waals surface area contributed by atoms with Gasteiger partial charge in [-0.1, -0.05) is 51.5 Å². The molecule has 0 heterocycles. The molecule has 22 heavy (non-hydrogen) atoms. The number of aryl methyl sites for hydroxylation is 2. The average Bonchev–Trinajstić information content (AvgIpc) is 2.50. The minimum absolute atomic E-state index is 0.167. The van der Waals surface area contributed by atoms with Crippen molar-refractivity contribution >= 4 is 16.8 Å². The second kappa shape index (κ2) is 15.0. The third-order valence-electron chi connectivity index (χ3n) is 2.93. The first kappa shape index (κ1) is 23.3. The molecule has 1 aromatic carbocycles. The Morgan fingerprint density at radius 1 is 1.09 bits per heavy atom. The molecule has 0 aromatic heterocycles. The standard InChI is InChI=1S/C15H23NOS.2C2H6/c1-12-7-8-14(13(2)10-12)11-16-15(17)6-5-9-18(3)4;2*1-2/h7-8,10H,5-6,9,11H2,1-4H3;2*1-2H3/p+1. The Kier molecular flexibility index (Phi) is 15.8. The summed E-state index contributed by atoms with van der Waals surface area (Å²) in [5.74, 6) is 1.32. The first-order chi connectivity index (χ1) is 10.5. The number of hydrogen-bond acceptors (Lipinski definition) is 1. The molecule has 0 saturated heterocycles. The summed E-state index contributed by atoms with van der Waals surface area (Å²) in [6.07, 6.45) is 6.08. The van der Waals surface area contributed by atoms with Crippen molar-refractivity contribution in [2.75, 3.05) is 18.3 Å². The Labute approximate surface area is 141 Å². The molecule has 1 N–H and O–H groups in total. The van der Waals surface area contributed by atoms with Gasteiger partial charge in [-0.15, -0.1) is 0 Å². The summed E-state index contributed by atoms with van der Waals surface area (Å²) in [4.78, 5) is 11.7. The highest BCUT2D eigenvalue weighted by Crippen LogP contribution is 2.10. The van der Waals surface area contributed by atoms with Gasteiger partial charge in [-0.25, -0.2) is 0 Å². The van der Waals surface area contributed by atoms with Gasteiger partial charge < -0.3 is 5.32 Å². The molecular formula is C19H36NOS+. The van der Waals surface area contributed by atoms with Gasteiger partial charge in [0.25, 0.3) is 0 Å². The smallest absolute Gasteiger partial charge is 0.220 e. The van der Waals surface area contributed by atoms with Crippen LogP contribution >= 0.6 is 0 Å². The van der Waals surface area contributed by atoms with Crippen molar-refractivity contribution in [2.45, 2.75) is 60.9 Å². The van der Waals surface area contributed by atoms with Crippen LogP contribution in [0.3, 0.4) is 0 Å². The molecule has 0 bridgehead atoms. The van der Waals surface area contributed by atoms with E-state index in [9.17, 15) is 4.79 Å². The van der Waals surface area contributed by atoms with Crippen molar-refractivity contribution < 1.29 is 4.79 Å². The molecular weight excluding hydrogens is 290 g/mol. The molecule has 128 valence electrons.